The van der Waals surface area contributed by atoms with Gasteiger partial charge in [-0.3, -0.25) is 4.99 Å². The smallest absolute Gasteiger partial charge is 0.191 e. The van der Waals surface area contributed by atoms with E-state index < -0.39 is 0 Å². The molecule has 0 saturated carbocycles. The molecule has 5 nitrogen and oxygen atoms in total. The van der Waals surface area contributed by atoms with Crippen LogP contribution in [0, 0.1) is 6.92 Å². The molecule has 1 saturated heterocycles. The number of guanidine groups is 1. The van der Waals surface area contributed by atoms with Crippen LogP contribution in [0.2, 0.25) is 0 Å². The summed E-state index contributed by atoms with van der Waals surface area (Å²) in [6.07, 6.45) is 6.12. The maximum atomic E-state index is 6.15. The predicted octanol–water partition coefficient (Wildman–Crippen LogP) is 3.41. The van der Waals surface area contributed by atoms with E-state index in [0.29, 0.717) is 13.2 Å². The average Bonchev–Trinajstić information content (AvgIpc) is 3.12. The topological polar surface area (TPSA) is 54.9 Å². The Bertz CT molecular complexity index is 540. The van der Waals surface area contributed by atoms with Crippen LogP contribution in [-0.2, 0) is 11.3 Å². The van der Waals surface area contributed by atoms with Crippen LogP contribution in [0.4, 0.5) is 0 Å². The van der Waals surface area contributed by atoms with E-state index in [4.69, 9.17) is 9.47 Å². The van der Waals surface area contributed by atoms with Gasteiger partial charge >= 0.3 is 0 Å². The molecular weight excluding hydrogens is 314 g/mol. The first-order chi connectivity index (χ1) is 12.2. The summed E-state index contributed by atoms with van der Waals surface area (Å²) in [7, 11) is 1.81. The summed E-state index contributed by atoms with van der Waals surface area (Å²) in [6, 6.07) is 6.36. The van der Waals surface area contributed by atoms with Crippen LogP contribution in [0.25, 0.3) is 0 Å². The van der Waals surface area contributed by atoms with Crippen LogP contribution >= 0.6 is 0 Å². The lowest BCUT2D eigenvalue weighted by atomic mass is 10.1. The largest absolute Gasteiger partial charge is 0.488 e. The first kappa shape index (κ1) is 19.6. The van der Waals surface area contributed by atoms with E-state index in [9.17, 15) is 0 Å². The highest BCUT2D eigenvalue weighted by atomic mass is 16.5. The third-order valence-electron chi connectivity index (χ3n) is 4.40. The standard InChI is InChI=1S/C20H33N3O2/c1-4-5-6-7-11-22-20(21-3)23-14-17-9-8-16(2)13-19(17)25-18-10-12-24-15-18/h8-9,13,18H,4-7,10-12,14-15H2,1-3H3,(H2,21,22,23). The van der Waals surface area contributed by atoms with E-state index in [1.165, 1.54) is 31.2 Å². The Labute approximate surface area is 152 Å². The zero-order valence-electron chi connectivity index (χ0n) is 15.9. The van der Waals surface area contributed by atoms with E-state index in [2.05, 4.69) is 47.7 Å². The molecule has 25 heavy (non-hydrogen) atoms. The molecule has 0 bridgehead atoms. The molecule has 1 unspecified atom stereocenters. The minimum atomic E-state index is 0.163. The van der Waals surface area contributed by atoms with Gasteiger partial charge in [-0.25, -0.2) is 0 Å². The molecule has 1 aliphatic heterocycles. The summed E-state index contributed by atoms with van der Waals surface area (Å²) in [4.78, 5) is 4.31. The monoisotopic (exact) mass is 347 g/mol. The molecule has 2 rings (SSSR count). The molecule has 5 heteroatoms. The number of rotatable bonds is 9. The Morgan fingerprint density at radius 2 is 2.16 bits per heavy atom. The minimum Gasteiger partial charge on any atom is -0.488 e. The first-order valence-corrected chi connectivity index (χ1v) is 9.51. The Kier molecular flexibility index (Phi) is 8.60. The Morgan fingerprint density at radius 3 is 2.88 bits per heavy atom. The second kappa shape index (κ2) is 11.0. The van der Waals surface area contributed by atoms with Gasteiger partial charge in [0.1, 0.15) is 11.9 Å². The molecule has 2 N–H and O–H groups in total. The normalized spacial score (nSPS) is 17.6. The minimum absolute atomic E-state index is 0.163. The van der Waals surface area contributed by atoms with Crippen LogP contribution in [0.1, 0.15) is 50.2 Å². The Morgan fingerprint density at radius 1 is 1.28 bits per heavy atom. The van der Waals surface area contributed by atoms with Crippen LogP contribution in [0.3, 0.4) is 0 Å². The van der Waals surface area contributed by atoms with Gasteiger partial charge in [0.15, 0.2) is 5.96 Å². The molecule has 1 atom stereocenters. The van der Waals surface area contributed by atoms with Crippen molar-refractivity contribution in [1.29, 1.82) is 0 Å². The average molecular weight is 348 g/mol. The molecule has 0 aliphatic carbocycles. The van der Waals surface area contributed by atoms with Gasteiger partial charge in [-0.05, 0) is 25.0 Å². The van der Waals surface area contributed by atoms with Crippen LogP contribution in [-0.4, -0.2) is 38.9 Å². The van der Waals surface area contributed by atoms with Gasteiger partial charge in [-0.15, -0.1) is 0 Å². The lowest BCUT2D eigenvalue weighted by Crippen LogP contribution is -2.37. The van der Waals surface area contributed by atoms with Gasteiger partial charge in [0.2, 0.25) is 0 Å². The van der Waals surface area contributed by atoms with Gasteiger partial charge < -0.3 is 20.1 Å². The van der Waals surface area contributed by atoms with Crippen molar-refractivity contribution >= 4 is 5.96 Å². The summed E-state index contributed by atoms with van der Waals surface area (Å²) in [5.74, 6) is 1.79. The maximum absolute atomic E-state index is 6.15. The van der Waals surface area contributed by atoms with Gasteiger partial charge in [0.05, 0.1) is 13.2 Å². The number of unbranched alkanes of at least 4 members (excludes halogenated alkanes) is 3. The molecule has 1 aromatic rings. The van der Waals surface area contributed by atoms with Crippen LogP contribution < -0.4 is 15.4 Å². The Balaban J connectivity index is 1.85. The van der Waals surface area contributed by atoms with Crippen LogP contribution in [0.15, 0.2) is 23.2 Å². The summed E-state index contributed by atoms with van der Waals surface area (Å²) in [5.41, 5.74) is 2.35. The number of aliphatic imine (C=N–C) groups is 1. The zero-order chi connectivity index (χ0) is 17.9. The number of benzene rings is 1. The van der Waals surface area contributed by atoms with Gasteiger partial charge in [-0.1, -0.05) is 38.3 Å². The second-order valence-electron chi connectivity index (χ2n) is 6.63. The van der Waals surface area contributed by atoms with Crippen molar-refractivity contribution in [2.45, 2.75) is 58.6 Å². The molecule has 0 radical (unpaired) electrons. The second-order valence-corrected chi connectivity index (χ2v) is 6.63. The quantitative estimate of drug-likeness (QED) is 0.408. The van der Waals surface area contributed by atoms with Crippen molar-refractivity contribution < 1.29 is 9.47 Å². The number of aryl methyl sites for hydroxylation is 1. The van der Waals surface area contributed by atoms with Gasteiger partial charge in [0, 0.05) is 32.1 Å². The number of nitrogens with one attached hydrogen (secondary N) is 2. The number of hydrogen-bond acceptors (Lipinski definition) is 3. The fraction of sp³-hybridized carbons (Fsp3) is 0.650. The third kappa shape index (κ3) is 6.94. The maximum Gasteiger partial charge on any atom is 0.191 e. The lowest BCUT2D eigenvalue weighted by molar-refractivity contribution is 0.140. The van der Waals surface area contributed by atoms with Gasteiger partial charge in [-0.2, -0.15) is 0 Å². The molecule has 1 aromatic carbocycles. The summed E-state index contributed by atoms with van der Waals surface area (Å²) in [6.45, 7) is 7.44. The fourth-order valence-corrected chi connectivity index (χ4v) is 2.86. The summed E-state index contributed by atoms with van der Waals surface area (Å²) in [5, 5.41) is 6.77. The van der Waals surface area contributed by atoms with E-state index in [-0.39, 0.29) is 6.10 Å². The highest BCUT2D eigenvalue weighted by molar-refractivity contribution is 5.79. The first-order valence-electron chi connectivity index (χ1n) is 9.51. The van der Waals surface area contributed by atoms with Gasteiger partial charge in [0.25, 0.3) is 0 Å². The van der Waals surface area contributed by atoms with Crippen molar-refractivity contribution in [3.63, 3.8) is 0 Å². The zero-order valence-corrected chi connectivity index (χ0v) is 15.9. The SMILES string of the molecule is CCCCCCNC(=NC)NCc1ccc(C)cc1OC1CCOC1. The van der Waals surface area contributed by atoms with Crippen molar-refractivity contribution in [3.8, 4) is 5.75 Å². The van der Waals surface area contributed by atoms with E-state index >= 15 is 0 Å². The molecule has 0 amide bonds. The van der Waals surface area contributed by atoms with Crippen molar-refractivity contribution in [2.75, 3.05) is 26.8 Å². The summed E-state index contributed by atoms with van der Waals surface area (Å²) >= 11 is 0. The van der Waals surface area contributed by atoms with Crippen molar-refractivity contribution in [1.82, 2.24) is 10.6 Å². The van der Waals surface area contributed by atoms with E-state index in [1.54, 1.807) is 0 Å². The highest BCUT2D eigenvalue weighted by Crippen LogP contribution is 2.23. The molecule has 140 valence electrons. The summed E-state index contributed by atoms with van der Waals surface area (Å²) < 4.78 is 11.6. The fourth-order valence-electron chi connectivity index (χ4n) is 2.86. The molecular formula is C20H33N3O2. The number of ether oxygens (including phenoxy) is 2. The van der Waals surface area contributed by atoms with Crippen LogP contribution in [0.5, 0.6) is 5.75 Å². The predicted molar refractivity (Wildman–Crippen MR) is 103 cm³/mol. The number of hydrogen-bond donors (Lipinski definition) is 2. The molecule has 0 aromatic heterocycles. The molecule has 1 fully saturated rings. The molecule has 0 spiro atoms. The lowest BCUT2D eigenvalue weighted by Gasteiger charge is -2.18. The van der Waals surface area contributed by atoms with E-state index in [1.807, 2.05) is 7.05 Å². The molecule has 1 heterocycles. The highest BCUT2D eigenvalue weighted by Gasteiger charge is 2.18. The third-order valence-corrected chi connectivity index (χ3v) is 4.40. The van der Waals surface area contributed by atoms with Crippen molar-refractivity contribution in [3.05, 3.63) is 29.3 Å². The van der Waals surface area contributed by atoms with Crippen molar-refractivity contribution in [2.24, 2.45) is 4.99 Å². The van der Waals surface area contributed by atoms with E-state index in [0.717, 1.165) is 36.8 Å². The Hall–Kier alpha value is -1.75. The number of nitrogens with zero attached hydrogens (tertiary/aromatic N) is 1. The molecule has 1 aliphatic rings.